The Kier molecular flexibility index (Phi) is 4.19. The first-order valence-corrected chi connectivity index (χ1v) is 6.31. The zero-order valence-electron chi connectivity index (χ0n) is 8.33. The van der Waals surface area contributed by atoms with E-state index in [9.17, 15) is 0 Å². The second-order valence-electron chi connectivity index (χ2n) is 3.70. The third-order valence-electron chi connectivity index (χ3n) is 1.33. The molecule has 1 aromatic rings. The van der Waals surface area contributed by atoms with Crippen LogP contribution in [-0.2, 0) is 0 Å². The maximum absolute atomic E-state index is 4.15. The van der Waals surface area contributed by atoms with Gasteiger partial charge in [0.1, 0.15) is 0 Å². The van der Waals surface area contributed by atoms with Crippen LogP contribution in [0.15, 0.2) is 17.6 Å². The van der Waals surface area contributed by atoms with Gasteiger partial charge in [-0.2, -0.15) is 11.8 Å². The zero-order valence-corrected chi connectivity index (χ0v) is 9.97. The molecule has 0 spiro atoms. The summed E-state index contributed by atoms with van der Waals surface area (Å²) in [4.78, 5) is 7.23. The van der Waals surface area contributed by atoms with Crippen molar-refractivity contribution in [2.75, 3.05) is 11.5 Å². The van der Waals surface area contributed by atoms with E-state index in [1.54, 1.807) is 18.0 Å². The molecule has 0 saturated carbocycles. The van der Waals surface area contributed by atoms with Crippen molar-refractivity contribution < 1.29 is 0 Å². The number of hydrogen-bond acceptors (Lipinski definition) is 3. The first-order valence-electron chi connectivity index (χ1n) is 4.34. The number of nitrogens with zero attached hydrogens (tertiary/aromatic N) is 1. The number of thioether (sulfide) groups is 2. The molecule has 0 unspecified atom stereocenters. The summed E-state index contributed by atoms with van der Waals surface area (Å²) in [6.45, 7) is 6.74. The number of aromatic nitrogens is 2. The fourth-order valence-electron chi connectivity index (χ4n) is 0.816. The average Bonchev–Trinajstić information content (AvgIpc) is 2.48. The Morgan fingerprint density at radius 1 is 1.38 bits per heavy atom. The van der Waals surface area contributed by atoms with E-state index < -0.39 is 0 Å². The van der Waals surface area contributed by atoms with Crippen molar-refractivity contribution in [2.24, 2.45) is 0 Å². The third-order valence-corrected chi connectivity index (χ3v) is 3.77. The van der Waals surface area contributed by atoms with Gasteiger partial charge >= 0.3 is 0 Å². The normalized spacial score (nSPS) is 11.9. The lowest BCUT2D eigenvalue weighted by Crippen LogP contribution is -2.08. The third kappa shape index (κ3) is 5.26. The van der Waals surface area contributed by atoms with E-state index >= 15 is 0 Å². The number of aromatic amines is 1. The molecular weight excluding hydrogens is 200 g/mol. The van der Waals surface area contributed by atoms with Crippen molar-refractivity contribution in [2.45, 2.75) is 30.7 Å². The summed E-state index contributed by atoms with van der Waals surface area (Å²) >= 11 is 3.77. The quantitative estimate of drug-likeness (QED) is 0.619. The molecule has 0 saturated heterocycles. The standard InChI is InChI=1S/C9H16N2S2/c1-9(2,3)13-7-6-12-8-10-4-5-11-8/h4-5H,6-7H2,1-3H3,(H,10,11). The van der Waals surface area contributed by atoms with Crippen LogP contribution in [-0.4, -0.2) is 26.2 Å². The number of rotatable bonds is 4. The lowest BCUT2D eigenvalue weighted by atomic mass is 10.3. The maximum Gasteiger partial charge on any atom is 0.165 e. The SMILES string of the molecule is CC(C)(C)SCCSc1ncc[nH]1. The van der Waals surface area contributed by atoms with Crippen LogP contribution < -0.4 is 0 Å². The summed E-state index contributed by atoms with van der Waals surface area (Å²) in [5, 5.41) is 1.02. The van der Waals surface area contributed by atoms with Gasteiger partial charge in [0.25, 0.3) is 0 Å². The second-order valence-corrected chi connectivity index (χ2v) is 6.71. The molecule has 13 heavy (non-hydrogen) atoms. The van der Waals surface area contributed by atoms with E-state index in [4.69, 9.17) is 0 Å². The van der Waals surface area contributed by atoms with Crippen molar-refractivity contribution >= 4 is 23.5 Å². The Morgan fingerprint density at radius 3 is 2.69 bits per heavy atom. The summed E-state index contributed by atoms with van der Waals surface area (Å²) in [5.74, 6) is 2.30. The number of hydrogen-bond donors (Lipinski definition) is 1. The highest BCUT2D eigenvalue weighted by atomic mass is 32.2. The molecule has 0 fully saturated rings. The van der Waals surface area contributed by atoms with Crippen LogP contribution in [0.3, 0.4) is 0 Å². The molecule has 0 aromatic carbocycles. The van der Waals surface area contributed by atoms with Crippen molar-refractivity contribution in [3.05, 3.63) is 12.4 Å². The van der Waals surface area contributed by atoms with Crippen molar-refractivity contribution in [3.63, 3.8) is 0 Å². The van der Waals surface area contributed by atoms with E-state index in [1.807, 2.05) is 18.0 Å². The van der Waals surface area contributed by atoms with E-state index in [2.05, 4.69) is 30.7 Å². The van der Waals surface area contributed by atoms with Gasteiger partial charge in [0.05, 0.1) is 0 Å². The Hall–Kier alpha value is -0.0900. The molecule has 0 amide bonds. The fourth-order valence-corrected chi connectivity index (χ4v) is 2.58. The minimum absolute atomic E-state index is 0.379. The molecular formula is C9H16N2S2. The van der Waals surface area contributed by atoms with E-state index in [0.717, 1.165) is 10.9 Å². The molecule has 1 N–H and O–H groups in total. The lowest BCUT2D eigenvalue weighted by molar-refractivity contribution is 0.803. The molecule has 0 aliphatic heterocycles. The van der Waals surface area contributed by atoms with Gasteiger partial charge in [-0.05, 0) is 0 Å². The summed E-state index contributed by atoms with van der Waals surface area (Å²) in [6, 6.07) is 0. The Bertz CT molecular complexity index is 226. The predicted molar refractivity (Wildman–Crippen MR) is 61.5 cm³/mol. The smallest absolute Gasteiger partial charge is 0.165 e. The number of H-pyrrole nitrogens is 1. The van der Waals surface area contributed by atoms with Gasteiger partial charge in [-0.1, -0.05) is 32.5 Å². The molecule has 0 aliphatic carbocycles. The Morgan fingerprint density at radius 2 is 2.15 bits per heavy atom. The molecule has 1 heterocycles. The summed E-state index contributed by atoms with van der Waals surface area (Å²) in [5.41, 5.74) is 0. The molecule has 2 nitrogen and oxygen atoms in total. The van der Waals surface area contributed by atoms with Gasteiger partial charge < -0.3 is 4.98 Å². The van der Waals surface area contributed by atoms with Gasteiger partial charge in [-0.25, -0.2) is 4.98 Å². The highest BCUT2D eigenvalue weighted by Crippen LogP contribution is 2.24. The second kappa shape index (κ2) is 4.96. The van der Waals surface area contributed by atoms with E-state index in [0.29, 0.717) is 4.75 Å². The predicted octanol–water partition coefficient (Wildman–Crippen LogP) is 3.03. The monoisotopic (exact) mass is 216 g/mol. The summed E-state index contributed by atoms with van der Waals surface area (Å²) in [7, 11) is 0. The van der Waals surface area contributed by atoms with Crippen LogP contribution in [0.1, 0.15) is 20.8 Å². The van der Waals surface area contributed by atoms with Crippen molar-refractivity contribution in [3.8, 4) is 0 Å². The first-order chi connectivity index (χ1) is 6.08. The van der Waals surface area contributed by atoms with Gasteiger partial charge in [-0.15, -0.1) is 0 Å². The average molecular weight is 216 g/mol. The van der Waals surface area contributed by atoms with Gasteiger partial charge in [0.2, 0.25) is 0 Å². The van der Waals surface area contributed by atoms with Crippen LogP contribution in [0.2, 0.25) is 0 Å². The van der Waals surface area contributed by atoms with Gasteiger partial charge in [0, 0.05) is 28.6 Å². The molecule has 1 rings (SSSR count). The van der Waals surface area contributed by atoms with Crippen molar-refractivity contribution in [1.29, 1.82) is 0 Å². The summed E-state index contributed by atoms with van der Waals surface area (Å²) < 4.78 is 0.379. The molecule has 0 radical (unpaired) electrons. The van der Waals surface area contributed by atoms with Gasteiger partial charge in [-0.3, -0.25) is 0 Å². The van der Waals surface area contributed by atoms with E-state index in [1.165, 1.54) is 5.75 Å². The Labute approximate surface area is 88.3 Å². The molecule has 0 aliphatic rings. The highest BCUT2D eigenvalue weighted by Gasteiger charge is 2.09. The maximum atomic E-state index is 4.15. The van der Waals surface area contributed by atoms with Crippen molar-refractivity contribution in [1.82, 2.24) is 9.97 Å². The highest BCUT2D eigenvalue weighted by molar-refractivity contribution is 8.03. The van der Waals surface area contributed by atoms with Crippen LogP contribution in [0, 0.1) is 0 Å². The number of nitrogens with one attached hydrogen (secondary N) is 1. The minimum atomic E-state index is 0.379. The van der Waals surface area contributed by atoms with Crippen LogP contribution in [0.4, 0.5) is 0 Å². The van der Waals surface area contributed by atoms with Crippen LogP contribution in [0.5, 0.6) is 0 Å². The molecule has 4 heteroatoms. The van der Waals surface area contributed by atoms with E-state index in [-0.39, 0.29) is 0 Å². The van der Waals surface area contributed by atoms with Gasteiger partial charge in [0.15, 0.2) is 5.16 Å². The molecule has 74 valence electrons. The van der Waals surface area contributed by atoms with Crippen LogP contribution in [0.25, 0.3) is 0 Å². The first kappa shape index (κ1) is 11.0. The van der Waals surface area contributed by atoms with Crippen LogP contribution >= 0.6 is 23.5 Å². The number of imidazole rings is 1. The molecule has 1 aromatic heterocycles. The topological polar surface area (TPSA) is 28.7 Å². The summed E-state index contributed by atoms with van der Waals surface area (Å²) in [6.07, 6.45) is 3.65. The molecule has 0 atom stereocenters. The Balaban J connectivity index is 2.09. The minimum Gasteiger partial charge on any atom is -0.340 e. The largest absolute Gasteiger partial charge is 0.340 e. The lowest BCUT2D eigenvalue weighted by Gasteiger charge is -2.16. The fraction of sp³-hybridized carbons (Fsp3) is 0.667. The zero-order chi connectivity index (χ0) is 9.73. The molecule has 0 bridgehead atoms.